The lowest BCUT2D eigenvalue weighted by Gasteiger charge is -2.36. The SMILES string of the molecule is CN1c2ccccc2C(=O)NC1c1ccc(-c2cccs2)cc1. The van der Waals surface area contributed by atoms with Crippen molar-refractivity contribution in [1.82, 2.24) is 5.32 Å². The highest BCUT2D eigenvalue weighted by Crippen LogP contribution is 2.32. The fourth-order valence-electron chi connectivity index (χ4n) is 2.99. The summed E-state index contributed by atoms with van der Waals surface area (Å²) < 4.78 is 0. The molecule has 1 aliphatic heterocycles. The largest absolute Gasteiger partial charge is 0.350 e. The van der Waals surface area contributed by atoms with E-state index in [-0.39, 0.29) is 12.1 Å². The Morgan fingerprint density at radius 3 is 2.52 bits per heavy atom. The van der Waals surface area contributed by atoms with E-state index in [0.29, 0.717) is 0 Å². The highest BCUT2D eigenvalue weighted by molar-refractivity contribution is 7.13. The van der Waals surface area contributed by atoms with Crippen LogP contribution in [0.15, 0.2) is 66.0 Å². The summed E-state index contributed by atoms with van der Waals surface area (Å²) in [6, 6.07) is 20.3. The molecule has 4 rings (SSSR count). The van der Waals surface area contributed by atoms with E-state index in [0.717, 1.165) is 16.8 Å². The van der Waals surface area contributed by atoms with Crippen molar-refractivity contribution < 1.29 is 4.79 Å². The minimum atomic E-state index is -0.144. The lowest BCUT2D eigenvalue weighted by atomic mass is 10.0. The van der Waals surface area contributed by atoms with Crippen LogP contribution in [-0.4, -0.2) is 13.0 Å². The number of amides is 1. The number of nitrogens with one attached hydrogen (secondary N) is 1. The molecule has 1 aliphatic rings. The molecule has 2 aromatic carbocycles. The average molecular weight is 320 g/mol. The van der Waals surface area contributed by atoms with Crippen LogP contribution < -0.4 is 10.2 Å². The number of para-hydroxylation sites is 1. The van der Waals surface area contributed by atoms with Crippen LogP contribution in [0.3, 0.4) is 0 Å². The summed E-state index contributed by atoms with van der Waals surface area (Å²) in [4.78, 5) is 15.7. The fourth-order valence-corrected chi connectivity index (χ4v) is 3.72. The number of benzene rings is 2. The van der Waals surface area contributed by atoms with Crippen molar-refractivity contribution >= 4 is 22.9 Å². The van der Waals surface area contributed by atoms with Crippen molar-refractivity contribution in [1.29, 1.82) is 0 Å². The van der Waals surface area contributed by atoms with E-state index in [9.17, 15) is 4.79 Å². The minimum absolute atomic E-state index is 0.0222. The van der Waals surface area contributed by atoms with Crippen LogP contribution in [0, 0.1) is 0 Å². The summed E-state index contributed by atoms with van der Waals surface area (Å²) in [7, 11) is 2.01. The molecule has 0 bridgehead atoms. The molecule has 23 heavy (non-hydrogen) atoms. The van der Waals surface area contributed by atoms with Crippen LogP contribution in [0.5, 0.6) is 0 Å². The van der Waals surface area contributed by atoms with E-state index in [2.05, 4.69) is 52.0 Å². The van der Waals surface area contributed by atoms with E-state index in [1.54, 1.807) is 11.3 Å². The van der Waals surface area contributed by atoms with Gasteiger partial charge in [0.15, 0.2) is 0 Å². The van der Waals surface area contributed by atoms with E-state index in [1.165, 1.54) is 10.4 Å². The second-order valence-corrected chi connectivity index (χ2v) is 6.55. The van der Waals surface area contributed by atoms with Crippen LogP contribution in [0.1, 0.15) is 22.1 Å². The maximum atomic E-state index is 12.3. The fraction of sp³-hybridized carbons (Fsp3) is 0.105. The third-order valence-electron chi connectivity index (χ3n) is 4.22. The Morgan fingerprint density at radius 1 is 1.00 bits per heavy atom. The molecule has 0 aliphatic carbocycles. The van der Waals surface area contributed by atoms with Gasteiger partial charge in [-0.1, -0.05) is 42.5 Å². The Kier molecular flexibility index (Phi) is 3.39. The molecule has 2 heterocycles. The summed E-state index contributed by atoms with van der Waals surface area (Å²) in [6.07, 6.45) is -0.144. The van der Waals surface area contributed by atoms with Gasteiger partial charge >= 0.3 is 0 Å². The Balaban J connectivity index is 1.67. The number of anilines is 1. The molecule has 0 spiro atoms. The van der Waals surface area contributed by atoms with E-state index < -0.39 is 0 Å². The van der Waals surface area contributed by atoms with Crippen molar-refractivity contribution in [2.45, 2.75) is 6.17 Å². The number of carbonyl (C=O) groups is 1. The lowest BCUT2D eigenvalue weighted by Crippen LogP contribution is -2.44. The second kappa shape index (κ2) is 5.56. The summed E-state index contributed by atoms with van der Waals surface area (Å²) in [5.74, 6) is -0.0222. The van der Waals surface area contributed by atoms with Crippen molar-refractivity contribution in [3.8, 4) is 10.4 Å². The minimum Gasteiger partial charge on any atom is -0.350 e. The first-order chi connectivity index (χ1) is 11.2. The Morgan fingerprint density at radius 2 is 1.78 bits per heavy atom. The number of hydrogen-bond acceptors (Lipinski definition) is 3. The quantitative estimate of drug-likeness (QED) is 0.764. The zero-order valence-electron chi connectivity index (χ0n) is 12.7. The molecule has 1 aromatic heterocycles. The molecule has 0 saturated heterocycles. The summed E-state index contributed by atoms with van der Waals surface area (Å²) in [5.41, 5.74) is 3.97. The molecule has 3 nitrogen and oxygen atoms in total. The molecule has 1 unspecified atom stereocenters. The maximum Gasteiger partial charge on any atom is 0.255 e. The summed E-state index contributed by atoms with van der Waals surface area (Å²) >= 11 is 1.73. The molecule has 0 radical (unpaired) electrons. The van der Waals surface area contributed by atoms with Crippen LogP contribution in [0.25, 0.3) is 10.4 Å². The predicted molar refractivity (Wildman–Crippen MR) is 94.8 cm³/mol. The van der Waals surface area contributed by atoms with Gasteiger partial charge < -0.3 is 10.2 Å². The normalized spacial score (nSPS) is 16.8. The van der Waals surface area contributed by atoms with Crippen molar-refractivity contribution in [3.63, 3.8) is 0 Å². The monoisotopic (exact) mass is 320 g/mol. The van der Waals surface area contributed by atoms with Gasteiger partial charge in [-0.3, -0.25) is 4.79 Å². The molecule has 0 saturated carbocycles. The van der Waals surface area contributed by atoms with Crippen molar-refractivity contribution in [3.05, 3.63) is 77.2 Å². The topological polar surface area (TPSA) is 32.3 Å². The molecule has 1 atom stereocenters. The van der Waals surface area contributed by atoms with Gasteiger partial charge in [-0.2, -0.15) is 0 Å². The van der Waals surface area contributed by atoms with Gasteiger partial charge in [0, 0.05) is 11.9 Å². The van der Waals surface area contributed by atoms with Crippen LogP contribution in [0.2, 0.25) is 0 Å². The summed E-state index contributed by atoms with van der Waals surface area (Å²) in [6.45, 7) is 0. The maximum absolute atomic E-state index is 12.3. The second-order valence-electron chi connectivity index (χ2n) is 5.60. The zero-order chi connectivity index (χ0) is 15.8. The predicted octanol–water partition coefficient (Wildman–Crippen LogP) is 4.29. The summed E-state index contributed by atoms with van der Waals surface area (Å²) in [5, 5.41) is 5.16. The Labute approximate surface area is 139 Å². The number of thiophene rings is 1. The van der Waals surface area contributed by atoms with Crippen LogP contribution >= 0.6 is 11.3 Å². The first-order valence-corrected chi connectivity index (χ1v) is 8.38. The number of fused-ring (bicyclic) bond motifs is 1. The Hall–Kier alpha value is -2.59. The standard InChI is InChI=1S/C19H16N2OS/c1-21-16-6-3-2-5-15(16)19(22)20-18(21)14-10-8-13(9-11-14)17-7-4-12-23-17/h2-12,18H,1H3,(H,20,22). The number of hydrogen-bond donors (Lipinski definition) is 1. The van der Waals surface area contributed by atoms with Gasteiger partial charge in [0.2, 0.25) is 0 Å². The average Bonchev–Trinajstić information content (AvgIpc) is 3.13. The van der Waals surface area contributed by atoms with Crippen molar-refractivity contribution in [2.24, 2.45) is 0 Å². The molecule has 1 amide bonds. The number of rotatable bonds is 2. The van der Waals surface area contributed by atoms with E-state index >= 15 is 0 Å². The number of nitrogens with zero attached hydrogens (tertiary/aromatic N) is 1. The van der Waals surface area contributed by atoms with Gasteiger partial charge in [-0.05, 0) is 34.7 Å². The van der Waals surface area contributed by atoms with Crippen molar-refractivity contribution in [2.75, 3.05) is 11.9 Å². The smallest absolute Gasteiger partial charge is 0.255 e. The molecule has 0 fully saturated rings. The number of carbonyl (C=O) groups excluding carboxylic acids is 1. The highest BCUT2D eigenvalue weighted by atomic mass is 32.1. The van der Waals surface area contributed by atoms with Gasteiger partial charge in [0.05, 0.1) is 11.3 Å². The third kappa shape index (κ3) is 2.41. The molecule has 4 heteroatoms. The first kappa shape index (κ1) is 14.0. The molecule has 114 valence electrons. The van der Waals surface area contributed by atoms with E-state index in [4.69, 9.17) is 0 Å². The first-order valence-electron chi connectivity index (χ1n) is 7.50. The Bertz CT molecular complexity index is 840. The third-order valence-corrected chi connectivity index (χ3v) is 5.13. The van der Waals surface area contributed by atoms with Gasteiger partial charge in [-0.15, -0.1) is 11.3 Å². The molecular weight excluding hydrogens is 304 g/mol. The molecule has 1 N–H and O–H groups in total. The van der Waals surface area contributed by atoms with Gasteiger partial charge in [-0.25, -0.2) is 0 Å². The van der Waals surface area contributed by atoms with Crippen LogP contribution in [0.4, 0.5) is 5.69 Å². The zero-order valence-corrected chi connectivity index (χ0v) is 13.5. The lowest BCUT2D eigenvalue weighted by molar-refractivity contribution is 0.0928. The van der Waals surface area contributed by atoms with Gasteiger partial charge in [0.25, 0.3) is 5.91 Å². The molecule has 3 aromatic rings. The highest BCUT2D eigenvalue weighted by Gasteiger charge is 2.28. The van der Waals surface area contributed by atoms with E-state index in [1.807, 2.05) is 31.3 Å². The van der Waals surface area contributed by atoms with Crippen LogP contribution in [-0.2, 0) is 0 Å². The van der Waals surface area contributed by atoms with Gasteiger partial charge in [0.1, 0.15) is 6.17 Å². The molecular formula is C19H16N2OS.